The van der Waals surface area contributed by atoms with Crippen molar-refractivity contribution < 1.29 is 14.3 Å². The standard InChI is InChI=1S/C21H29N5O3/c1-5-17-14(3)22-21(24-20(17)28)26-18(12-13(2)25-26)23-19(27)11-8-15-6-9-16(29-4)10-7-15/h6-7,9-10,12,14,17,21-22H,5,8,11H2,1-4H3,(H,23,27)(H,24,28). The first kappa shape index (κ1) is 20.9. The molecule has 2 heterocycles. The number of hydrogen-bond acceptors (Lipinski definition) is 5. The maximum atomic E-state index is 12.5. The number of methoxy groups -OCH3 is 1. The van der Waals surface area contributed by atoms with E-state index in [1.165, 1.54) is 0 Å². The zero-order chi connectivity index (χ0) is 21.0. The monoisotopic (exact) mass is 399 g/mol. The molecule has 2 amide bonds. The second-order valence-electron chi connectivity index (χ2n) is 7.39. The number of nitrogens with one attached hydrogen (secondary N) is 3. The van der Waals surface area contributed by atoms with Crippen molar-refractivity contribution in [2.45, 2.75) is 52.4 Å². The van der Waals surface area contributed by atoms with Crippen LogP contribution in [0.5, 0.6) is 5.75 Å². The first-order valence-electron chi connectivity index (χ1n) is 9.96. The summed E-state index contributed by atoms with van der Waals surface area (Å²) in [6, 6.07) is 9.49. The Balaban J connectivity index is 1.64. The van der Waals surface area contributed by atoms with Crippen molar-refractivity contribution in [3.63, 3.8) is 0 Å². The fraction of sp³-hybridized carbons (Fsp3) is 0.476. The third-order valence-corrected chi connectivity index (χ3v) is 5.25. The Hall–Kier alpha value is -2.87. The van der Waals surface area contributed by atoms with Gasteiger partial charge < -0.3 is 15.4 Å². The Labute approximate surface area is 171 Å². The van der Waals surface area contributed by atoms with Crippen LogP contribution < -0.4 is 20.7 Å². The highest BCUT2D eigenvalue weighted by atomic mass is 16.5. The quantitative estimate of drug-likeness (QED) is 0.664. The predicted octanol–water partition coefficient (Wildman–Crippen LogP) is 2.36. The molecular weight excluding hydrogens is 370 g/mol. The van der Waals surface area contributed by atoms with Crippen molar-refractivity contribution in [2.75, 3.05) is 12.4 Å². The molecule has 8 heteroatoms. The van der Waals surface area contributed by atoms with Crippen LogP contribution in [0, 0.1) is 12.8 Å². The Kier molecular flexibility index (Phi) is 6.53. The molecule has 1 aromatic heterocycles. The van der Waals surface area contributed by atoms with Crippen LogP contribution in [0.2, 0.25) is 0 Å². The maximum absolute atomic E-state index is 12.5. The summed E-state index contributed by atoms with van der Waals surface area (Å²) >= 11 is 0. The Bertz CT molecular complexity index is 862. The van der Waals surface area contributed by atoms with E-state index >= 15 is 0 Å². The molecule has 1 aromatic carbocycles. The third-order valence-electron chi connectivity index (χ3n) is 5.25. The molecule has 0 radical (unpaired) electrons. The van der Waals surface area contributed by atoms with Crippen molar-refractivity contribution in [1.82, 2.24) is 20.4 Å². The molecule has 1 aliphatic rings. The number of nitrogens with zero attached hydrogens (tertiary/aromatic N) is 2. The molecular formula is C21H29N5O3. The number of carbonyl (C=O) groups excluding carboxylic acids is 2. The topological polar surface area (TPSA) is 97.3 Å². The Morgan fingerprint density at radius 3 is 2.66 bits per heavy atom. The van der Waals surface area contributed by atoms with Gasteiger partial charge in [-0.25, -0.2) is 4.68 Å². The number of benzene rings is 1. The number of carbonyl (C=O) groups is 2. The molecule has 3 rings (SSSR count). The number of anilines is 1. The minimum atomic E-state index is -0.495. The van der Waals surface area contributed by atoms with E-state index in [1.807, 2.05) is 45.0 Å². The molecule has 1 fully saturated rings. The molecule has 29 heavy (non-hydrogen) atoms. The van der Waals surface area contributed by atoms with Crippen LogP contribution >= 0.6 is 0 Å². The van der Waals surface area contributed by atoms with Crippen molar-refractivity contribution in [2.24, 2.45) is 5.92 Å². The number of hydrogen-bond donors (Lipinski definition) is 3. The second kappa shape index (κ2) is 9.09. The van der Waals surface area contributed by atoms with Gasteiger partial charge in [0.2, 0.25) is 11.8 Å². The van der Waals surface area contributed by atoms with E-state index in [1.54, 1.807) is 17.9 Å². The summed E-state index contributed by atoms with van der Waals surface area (Å²) in [7, 11) is 1.63. The van der Waals surface area contributed by atoms with Crippen LogP contribution in [0.15, 0.2) is 30.3 Å². The van der Waals surface area contributed by atoms with Gasteiger partial charge in [-0.15, -0.1) is 0 Å². The van der Waals surface area contributed by atoms with Crippen molar-refractivity contribution >= 4 is 17.6 Å². The van der Waals surface area contributed by atoms with E-state index in [0.29, 0.717) is 18.7 Å². The highest BCUT2D eigenvalue weighted by Gasteiger charge is 2.34. The molecule has 3 atom stereocenters. The van der Waals surface area contributed by atoms with Gasteiger partial charge in [0, 0.05) is 18.5 Å². The number of rotatable bonds is 7. The number of amides is 2. The SMILES string of the molecule is CCC1C(=O)NC(n2nc(C)cc2NC(=O)CCc2ccc(OC)cc2)NC1C. The maximum Gasteiger partial charge on any atom is 0.227 e. The van der Waals surface area contributed by atoms with E-state index in [0.717, 1.165) is 23.4 Å². The zero-order valence-electron chi connectivity index (χ0n) is 17.4. The summed E-state index contributed by atoms with van der Waals surface area (Å²) in [5.74, 6) is 1.16. The molecule has 8 nitrogen and oxygen atoms in total. The molecule has 0 spiro atoms. The van der Waals surface area contributed by atoms with Crippen molar-refractivity contribution in [1.29, 1.82) is 0 Å². The van der Waals surface area contributed by atoms with Crippen LogP contribution in [0.3, 0.4) is 0 Å². The molecule has 0 aliphatic carbocycles. The van der Waals surface area contributed by atoms with Crippen molar-refractivity contribution in [3.8, 4) is 5.75 Å². The second-order valence-corrected chi connectivity index (χ2v) is 7.39. The molecule has 1 saturated heterocycles. The van der Waals surface area contributed by atoms with E-state index in [9.17, 15) is 9.59 Å². The normalized spacial score (nSPS) is 21.5. The zero-order valence-corrected chi connectivity index (χ0v) is 17.4. The summed E-state index contributed by atoms with van der Waals surface area (Å²) in [4.78, 5) is 24.9. The van der Waals surface area contributed by atoms with Gasteiger partial charge in [-0.05, 0) is 44.4 Å². The third kappa shape index (κ3) is 4.95. The summed E-state index contributed by atoms with van der Waals surface area (Å²) < 4.78 is 6.78. The lowest BCUT2D eigenvalue weighted by Crippen LogP contribution is -2.57. The molecule has 3 unspecified atom stereocenters. The summed E-state index contributed by atoms with van der Waals surface area (Å²) in [5, 5.41) is 13.7. The predicted molar refractivity (Wildman–Crippen MR) is 110 cm³/mol. The summed E-state index contributed by atoms with van der Waals surface area (Å²) in [5.41, 5.74) is 1.82. The Morgan fingerprint density at radius 2 is 2.03 bits per heavy atom. The molecule has 0 saturated carbocycles. The first-order chi connectivity index (χ1) is 13.9. The van der Waals surface area contributed by atoms with E-state index in [2.05, 4.69) is 21.0 Å². The fourth-order valence-electron chi connectivity index (χ4n) is 3.61. The van der Waals surface area contributed by atoms with E-state index in [4.69, 9.17) is 4.74 Å². The lowest BCUT2D eigenvalue weighted by Gasteiger charge is -2.35. The van der Waals surface area contributed by atoms with Crippen LogP contribution in [-0.4, -0.2) is 34.7 Å². The van der Waals surface area contributed by atoms with Crippen LogP contribution in [0.4, 0.5) is 5.82 Å². The molecule has 2 aromatic rings. The number of aromatic nitrogens is 2. The average Bonchev–Trinajstić information content (AvgIpc) is 3.06. The lowest BCUT2D eigenvalue weighted by molar-refractivity contribution is -0.130. The van der Waals surface area contributed by atoms with E-state index < -0.39 is 6.29 Å². The molecule has 1 aliphatic heterocycles. The van der Waals surface area contributed by atoms with Gasteiger partial charge in [0.15, 0.2) is 6.29 Å². The molecule has 156 valence electrons. The van der Waals surface area contributed by atoms with E-state index in [-0.39, 0.29) is 23.8 Å². The minimum Gasteiger partial charge on any atom is -0.497 e. The van der Waals surface area contributed by atoms with Crippen LogP contribution in [0.1, 0.15) is 44.2 Å². The van der Waals surface area contributed by atoms with Crippen LogP contribution in [0.25, 0.3) is 0 Å². The Morgan fingerprint density at radius 1 is 1.31 bits per heavy atom. The van der Waals surface area contributed by atoms with Crippen LogP contribution in [-0.2, 0) is 16.0 Å². The van der Waals surface area contributed by atoms with Crippen molar-refractivity contribution in [3.05, 3.63) is 41.6 Å². The summed E-state index contributed by atoms with van der Waals surface area (Å²) in [6.07, 6.45) is 1.23. The molecule has 3 N–H and O–H groups in total. The van der Waals surface area contributed by atoms with Gasteiger partial charge >= 0.3 is 0 Å². The first-order valence-corrected chi connectivity index (χ1v) is 9.96. The highest BCUT2D eigenvalue weighted by Crippen LogP contribution is 2.21. The molecule has 0 bridgehead atoms. The van der Waals surface area contributed by atoms with Gasteiger partial charge in [0.1, 0.15) is 11.6 Å². The summed E-state index contributed by atoms with van der Waals surface area (Å²) in [6.45, 7) is 5.84. The van der Waals surface area contributed by atoms with Gasteiger partial charge in [0.05, 0.1) is 18.7 Å². The highest BCUT2D eigenvalue weighted by molar-refractivity contribution is 5.90. The largest absolute Gasteiger partial charge is 0.497 e. The lowest BCUT2D eigenvalue weighted by atomic mass is 9.95. The number of aryl methyl sites for hydroxylation is 2. The smallest absolute Gasteiger partial charge is 0.227 e. The van der Waals surface area contributed by atoms with Gasteiger partial charge in [-0.3, -0.25) is 14.9 Å². The average molecular weight is 399 g/mol. The van der Waals surface area contributed by atoms with Gasteiger partial charge in [-0.1, -0.05) is 19.1 Å². The minimum absolute atomic E-state index is 0.00585. The fourth-order valence-corrected chi connectivity index (χ4v) is 3.61. The van der Waals surface area contributed by atoms with Gasteiger partial charge in [-0.2, -0.15) is 5.10 Å². The number of ether oxygens (including phenoxy) is 1. The van der Waals surface area contributed by atoms with Gasteiger partial charge in [0.25, 0.3) is 0 Å².